The summed E-state index contributed by atoms with van der Waals surface area (Å²) in [6, 6.07) is 0. The molecule has 0 atom stereocenters. The highest BCUT2D eigenvalue weighted by Crippen LogP contribution is 2.19. The molecule has 0 N–H and O–H groups in total. The van der Waals surface area contributed by atoms with Crippen molar-refractivity contribution in [3.8, 4) is 0 Å². The van der Waals surface area contributed by atoms with Crippen molar-refractivity contribution in [3.05, 3.63) is 0 Å². The molecule has 0 rings (SSSR count). The van der Waals surface area contributed by atoms with Gasteiger partial charge in [-0.25, -0.2) is 9.59 Å². The lowest BCUT2D eigenvalue weighted by Gasteiger charge is -2.05. The lowest BCUT2D eigenvalue weighted by atomic mass is 10.6. The van der Waals surface area contributed by atoms with Crippen LogP contribution in [0.1, 0.15) is 0 Å². The first-order valence-electron chi connectivity index (χ1n) is 2.36. The molecule has 0 aliphatic heterocycles. The van der Waals surface area contributed by atoms with Gasteiger partial charge >= 0.3 is 18.1 Å². The summed E-state index contributed by atoms with van der Waals surface area (Å²) in [5.74, 6) is -3.69. The van der Waals surface area contributed by atoms with Crippen LogP contribution in [-0.2, 0) is 14.3 Å². The molecule has 8 heteroatoms. The monoisotopic (exact) mass is 408 g/mol. The molecule has 70 valence electrons. The van der Waals surface area contributed by atoms with Crippen LogP contribution in [0.15, 0.2) is 0 Å². The fourth-order valence-electron chi connectivity index (χ4n) is 0.194. The average molecular weight is 408 g/mol. The number of ether oxygens (including phenoxy) is 1. The lowest BCUT2D eigenvalue weighted by molar-refractivity contribution is -0.201. The zero-order valence-corrected chi connectivity index (χ0v) is 9.51. The fraction of sp³-hybridized carbons (Fsp3) is 0.500. The number of rotatable bonds is 1. The zero-order valence-electron chi connectivity index (χ0n) is 5.19. The Morgan fingerprint density at radius 2 is 1.67 bits per heavy atom. The topological polar surface area (TPSA) is 43.4 Å². The summed E-state index contributed by atoms with van der Waals surface area (Å²) in [4.78, 5) is 20.4. The van der Waals surface area contributed by atoms with Crippen molar-refractivity contribution >= 4 is 57.1 Å². The quantitative estimate of drug-likeness (QED) is 0.288. The van der Waals surface area contributed by atoms with Crippen molar-refractivity contribution in [2.45, 2.75) is 8.11 Å². The van der Waals surface area contributed by atoms with E-state index in [1.807, 2.05) is 0 Å². The number of carbonyl (C=O) groups excluding carboxylic acids is 2. The number of hydrogen-bond acceptors (Lipinski definition) is 3. The second-order valence-corrected chi connectivity index (χ2v) is 6.38. The van der Waals surface area contributed by atoms with Gasteiger partial charge in [-0.3, -0.25) is 0 Å². The molecular weight excluding hydrogens is 407 g/mol. The largest absolute Gasteiger partial charge is 0.491 e. The molecule has 0 aromatic carbocycles. The maximum Gasteiger partial charge on any atom is 0.491 e. The van der Waals surface area contributed by atoms with Crippen LogP contribution in [0.25, 0.3) is 0 Å². The van der Waals surface area contributed by atoms with Crippen LogP contribution in [0.3, 0.4) is 0 Å². The second-order valence-electron chi connectivity index (χ2n) is 1.51. The minimum Gasteiger partial charge on any atom is -0.385 e. The van der Waals surface area contributed by atoms with E-state index in [1.54, 1.807) is 0 Å². The Kier molecular flexibility index (Phi) is 4.73. The standard InChI is InChI=1S/C4HF3I2O3/c5-4(6,7)3(11)12-2(10)1(8)9/h1H. The minimum absolute atomic E-state index is 0.813. The molecule has 0 aliphatic rings. The molecule has 0 aromatic heterocycles. The third kappa shape index (κ3) is 4.42. The third-order valence-corrected chi connectivity index (χ3v) is 1.62. The molecular formula is C4HF3I2O3. The summed E-state index contributed by atoms with van der Waals surface area (Å²) in [5, 5.41) is 0. The van der Waals surface area contributed by atoms with Crippen LogP contribution in [0, 0.1) is 0 Å². The van der Waals surface area contributed by atoms with Gasteiger partial charge in [-0.1, -0.05) is 45.2 Å². The number of esters is 2. The summed E-state index contributed by atoms with van der Waals surface area (Å²) in [6.45, 7) is 0. The van der Waals surface area contributed by atoms with E-state index in [2.05, 4.69) is 4.74 Å². The minimum atomic E-state index is -5.11. The fourth-order valence-corrected chi connectivity index (χ4v) is 0.448. The first-order chi connectivity index (χ1) is 5.25. The highest BCUT2D eigenvalue weighted by atomic mass is 127. The SMILES string of the molecule is O=C(OC(=O)C(F)(F)F)C(I)I. The van der Waals surface area contributed by atoms with E-state index in [9.17, 15) is 22.8 Å². The van der Waals surface area contributed by atoms with Crippen molar-refractivity contribution in [2.75, 3.05) is 0 Å². The molecule has 0 fully saturated rings. The Balaban J connectivity index is 4.12. The summed E-state index contributed by atoms with van der Waals surface area (Å²) >= 11 is 3.05. The Labute approximate surface area is 92.3 Å². The van der Waals surface area contributed by atoms with Gasteiger partial charge in [0.25, 0.3) is 0 Å². The van der Waals surface area contributed by atoms with Crippen molar-refractivity contribution in [1.82, 2.24) is 0 Å². The first-order valence-corrected chi connectivity index (χ1v) is 4.85. The van der Waals surface area contributed by atoms with Gasteiger partial charge in [-0.05, 0) is 0 Å². The van der Waals surface area contributed by atoms with Crippen molar-refractivity contribution in [3.63, 3.8) is 0 Å². The Morgan fingerprint density at radius 1 is 1.25 bits per heavy atom. The molecule has 0 radical (unpaired) electrons. The highest BCUT2D eigenvalue weighted by Gasteiger charge is 2.42. The first kappa shape index (κ1) is 12.4. The zero-order chi connectivity index (χ0) is 9.94. The maximum atomic E-state index is 11.4. The van der Waals surface area contributed by atoms with Crippen LogP contribution >= 0.6 is 45.2 Å². The molecule has 0 heterocycles. The van der Waals surface area contributed by atoms with E-state index >= 15 is 0 Å². The van der Waals surface area contributed by atoms with Gasteiger partial charge in [-0.15, -0.1) is 0 Å². The van der Waals surface area contributed by atoms with E-state index in [1.165, 1.54) is 45.2 Å². The molecule has 0 saturated carbocycles. The van der Waals surface area contributed by atoms with Crippen molar-refractivity contribution < 1.29 is 27.5 Å². The predicted molar refractivity (Wildman–Crippen MR) is 49.0 cm³/mol. The molecule has 0 saturated heterocycles. The van der Waals surface area contributed by atoms with Crippen LogP contribution in [0.4, 0.5) is 13.2 Å². The molecule has 0 amide bonds. The molecule has 0 unspecified atom stereocenters. The van der Waals surface area contributed by atoms with Gasteiger partial charge < -0.3 is 4.74 Å². The summed E-state index contributed by atoms with van der Waals surface area (Å²) in [7, 11) is 0. The number of halogens is 5. The van der Waals surface area contributed by atoms with E-state index in [0.29, 0.717) is 0 Å². The Morgan fingerprint density at radius 3 is 1.92 bits per heavy atom. The van der Waals surface area contributed by atoms with Crippen LogP contribution in [-0.4, -0.2) is 20.0 Å². The van der Waals surface area contributed by atoms with Crippen LogP contribution < -0.4 is 0 Å². The average Bonchev–Trinajstić information content (AvgIpc) is 1.85. The van der Waals surface area contributed by atoms with E-state index < -0.39 is 20.0 Å². The van der Waals surface area contributed by atoms with Gasteiger partial charge in [0.15, 0.2) is 1.93 Å². The molecule has 0 spiro atoms. The van der Waals surface area contributed by atoms with Gasteiger partial charge in [0.05, 0.1) is 0 Å². The van der Waals surface area contributed by atoms with Gasteiger partial charge in [0, 0.05) is 0 Å². The predicted octanol–water partition coefficient (Wildman–Crippen LogP) is 1.81. The normalized spacial score (nSPS) is 11.5. The molecule has 0 bridgehead atoms. The van der Waals surface area contributed by atoms with E-state index in [-0.39, 0.29) is 0 Å². The second kappa shape index (κ2) is 4.58. The van der Waals surface area contributed by atoms with E-state index in [4.69, 9.17) is 0 Å². The van der Waals surface area contributed by atoms with Gasteiger partial charge in [0.2, 0.25) is 0 Å². The highest BCUT2D eigenvalue weighted by molar-refractivity contribution is 14.2. The third-order valence-electron chi connectivity index (χ3n) is 0.603. The molecule has 0 aromatic rings. The van der Waals surface area contributed by atoms with Crippen LogP contribution in [0.2, 0.25) is 0 Å². The van der Waals surface area contributed by atoms with Gasteiger partial charge in [-0.2, -0.15) is 13.2 Å². The van der Waals surface area contributed by atoms with E-state index in [0.717, 1.165) is 0 Å². The smallest absolute Gasteiger partial charge is 0.385 e. The number of hydrogen-bond donors (Lipinski definition) is 0. The van der Waals surface area contributed by atoms with Crippen LogP contribution in [0.5, 0.6) is 0 Å². The Hall–Kier alpha value is 0.390. The number of carbonyl (C=O) groups is 2. The van der Waals surface area contributed by atoms with Crippen molar-refractivity contribution in [2.24, 2.45) is 0 Å². The number of alkyl halides is 5. The Bertz CT molecular complexity index is 200. The van der Waals surface area contributed by atoms with Gasteiger partial charge in [0.1, 0.15) is 0 Å². The van der Waals surface area contributed by atoms with Crippen molar-refractivity contribution in [1.29, 1.82) is 0 Å². The lowest BCUT2D eigenvalue weighted by Crippen LogP contribution is -2.29. The maximum absolute atomic E-state index is 11.4. The molecule has 12 heavy (non-hydrogen) atoms. The summed E-state index contributed by atoms with van der Waals surface area (Å²) in [5.41, 5.74) is 0. The summed E-state index contributed by atoms with van der Waals surface area (Å²) < 4.78 is 37.0. The molecule has 0 aliphatic carbocycles. The molecule has 3 nitrogen and oxygen atoms in total. The summed E-state index contributed by atoms with van der Waals surface area (Å²) in [6.07, 6.45) is -5.11.